The summed E-state index contributed by atoms with van der Waals surface area (Å²) in [6, 6.07) is 4.07. The third kappa shape index (κ3) is 2.51. The van der Waals surface area contributed by atoms with Crippen LogP contribution in [0.15, 0.2) is 18.3 Å². The van der Waals surface area contributed by atoms with Crippen molar-refractivity contribution < 1.29 is 4.74 Å². The van der Waals surface area contributed by atoms with Gasteiger partial charge in [-0.3, -0.25) is 0 Å². The Bertz CT molecular complexity index is 329. The minimum atomic E-state index is 0.264. The Morgan fingerprint density at radius 1 is 1.38 bits per heavy atom. The standard InChI is InChI=1S/C12H19N3O/c1-9-7-15(8-10(2)16-9)12-4-3-11(5-13)6-14-12/h3-4,6,9-10H,5,7-8,13H2,1-2H3/t9-,10-/m0/s1. The zero-order valence-electron chi connectivity index (χ0n) is 9.89. The van der Waals surface area contributed by atoms with Gasteiger partial charge in [0.15, 0.2) is 0 Å². The number of ether oxygens (including phenoxy) is 1. The maximum absolute atomic E-state index is 5.69. The molecule has 0 saturated carbocycles. The monoisotopic (exact) mass is 221 g/mol. The van der Waals surface area contributed by atoms with E-state index in [0.717, 1.165) is 24.5 Å². The van der Waals surface area contributed by atoms with E-state index < -0.39 is 0 Å². The molecule has 1 aromatic rings. The van der Waals surface area contributed by atoms with Crippen molar-refractivity contribution in [2.24, 2.45) is 5.73 Å². The summed E-state index contributed by atoms with van der Waals surface area (Å²) in [5, 5.41) is 0. The summed E-state index contributed by atoms with van der Waals surface area (Å²) in [6.07, 6.45) is 2.37. The van der Waals surface area contributed by atoms with E-state index in [1.54, 1.807) is 0 Å². The van der Waals surface area contributed by atoms with Crippen LogP contribution in [0.1, 0.15) is 19.4 Å². The topological polar surface area (TPSA) is 51.4 Å². The molecular weight excluding hydrogens is 202 g/mol. The quantitative estimate of drug-likeness (QED) is 0.814. The summed E-state index contributed by atoms with van der Waals surface area (Å²) in [5.74, 6) is 1.01. The third-order valence-corrected chi connectivity index (χ3v) is 2.79. The summed E-state index contributed by atoms with van der Waals surface area (Å²) in [7, 11) is 0. The van der Waals surface area contributed by atoms with Crippen LogP contribution in [-0.2, 0) is 11.3 Å². The summed E-state index contributed by atoms with van der Waals surface area (Å²) in [5.41, 5.74) is 6.62. The van der Waals surface area contributed by atoms with Crippen molar-refractivity contribution in [3.63, 3.8) is 0 Å². The first-order valence-electron chi connectivity index (χ1n) is 5.74. The predicted molar refractivity (Wildman–Crippen MR) is 64.4 cm³/mol. The molecule has 2 heterocycles. The molecule has 0 aromatic carbocycles. The maximum atomic E-state index is 5.69. The molecule has 0 radical (unpaired) electrons. The highest BCUT2D eigenvalue weighted by molar-refractivity contribution is 5.40. The lowest BCUT2D eigenvalue weighted by Gasteiger charge is -2.36. The van der Waals surface area contributed by atoms with Gasteiger partial charge >= 0.3 is 0 Å². The minimum Gasteiger partial charge on any atom is -0.372 e. The van der Waals surface area contributed by atoms with Gasteiger partial charge < -0.3 is 15.4 Å². The molecule has 0 aliphatic carbocycles. The highest BCUT2D eigenvalue weighted by Gasteiger charge is 2.22. The lowest BCUT2D eigenvalue weighted by Crippen LogP contribution is -2.45. The van der Waals surface area contributed by atoms with Crippen molar-refractivity contribution in [2.75, 3.05) is 18.0 Å². The third-order valence-electron chi connectivity index (χ3n) is 2.79. The molecule has 4 heteroatoms. The van der Waals surface area contributed by atoms with E-state index in [1.807, 2.05) is 18.3 Å². The van der Waals surface area contributed by atoms with Gasteiger partial charge in [-0.15, -0.1) is 0 Å². The second-order valence-corrected chi connectivity index (χ2v) is 4.39. The molecule has 2 rings (SSSR count). The normalized spacial score (nSPS) is 25.8. The summed E-state index contributed by atoms with van der Waals surface area (Å²) in [6.45, 7) is 6.54. The van der Waals surface area contributed by atoms with Crippen LogP contribution in [0.25, 0.3) is 0 Å². The molecule has 1 aliphatic rings. The number of nitrogens with two attached hydrogens (primary N) is 1. The fourth-order valence-electron chi connectivity index (χ4n) is 2.09. The Morgan fingerprint density at radius 3 is 2.56 bits per heavy atom. The Morgan fingerprint density at radius 2 is 2.06 bits per heavy atom. The molecule has 1 saturated heterocycles. The molecule has 0 bridgehead atoms. The number of aromatic nitrogens is 1. The van der Waals surface area contributed by atoms with E-state index >= 15 is 0 Å². The SMILES string of the molecule is C[C@H]1CN(c2ccc(CN)cn2)C[C@H](C)O1. The van der Waals surface area contributed by atoms with Gasteiger partial charge in [-0.25, -0.2) is 4.98 Å². The average molecular weight is 221 g/mol. The molecule has 16 heavy (non-hydrogen) atoms. The molecule has 0 unspecified atom stereocenters. The van der Waals surface area contributed by atoms with Crippen LogP contribution in [0.2, 0.25) is 0 Å². The van der Waals surface area contributed by atoms with Crippen LogP contribution in [-0.4, -0.2) is 30.3 Å². The molecule has 0 amide bonds. The molecule has 2 N–H and O–H groups in total. The van der Waals surface area contributed by atoms with Gasteiger partial charge in [-0.05, 0) is 25.5 Å². The largest absolute Gasteiger partial charge is 0.372 e. The number of morpholine rings is 1. The van der Waals surface area contributed by atoms with Gasteiger partial charge in [0.05, 0.1) is 12.2 Å². The van der Waals surface area contributed by atoms with Gasteiger partial charge in [0.1, 0.15) is 5.82 Å². The van der Waals surface area contributed by atoms with Gasteiger partial charge in [0.2, 0.25) is 0 Å². The molecule has 1 aromatic heterocycles. The fourth-order valence-corrected chi connectivity index (χ4v) is 2.09. The smallest absolute Gasteiger partial charge is 0.128 e. The number of rotatable bonds is 2. The highest BCUT2D eigenvalue weighted by atomic mass is 16.5. The average Bonchev–Trinajstić information content (AvgIpc) is 2.28. The molecule has 88 valence electrons. The second kappa shape index (κ2) is 4.80. The van der Waals surface area contributed by atoms with Crippen LogP contribution < -0.4 is 10.6 Å². The lowest BCUT2D eigenvalue weighted by atomic mass is 10.2. The van der Waals surface area contributed by atoms with E-state index in [9.17, 15) is 0 Å². The first kappa shape index (κ1) is 11.4. The van der Waals surface area contributed by atoms with Crippen molar-refractivity contribution in [3.8, 4) is 0 Å². The molecule has 0 spiro atoms. The van der Waals surface area contributed by atoms with E-state index in [-0.39, 0.29) is 12.2 Å². The number of nitrogens with zero attached hydrogens (tertiary/aromatic N) is 2. The molecule has 1 aliphatic heterocycles. The minimum absolute atomic E-state index is 0.264. The van der Waals surface area contributed by atoms with Crippen LogP contribution >= 0.6 is 0 Å². The van der Waals surface area contributed by atoms with Crippen LogP contribution in [0, 0.1) is 0 Å². The number of hydrogen-bond donors (Lipinski definition) is 1. The molecule has 1 fully saturated rings. The molecule has 2 atom stereocenters. The van der Waals surface area contributed by atoms with Crippen LogP contribution in [0.4, 0.5) is 5.82 Å². The summed E-state index contributed by atoms with van der Waals surface area (Å²) in [4.78, 5) is 6.70. The van der Waals surface area contributed by atoms with E-state index in [0.29, 0.717) is 6.54 Å². The van der Waals surface area contributed by atoms with Crippen molar-refractivity contribution in [1.29, 1.82) is 0 Å². The zero-order valence-corrected chi connectivity index (χ0v) is 9.89. The first-order valence-corrected chi connectivity index (χ1v) is 5.74. The Labute approximate surface area is 96.4 Å². The van der Waals surface area contributed by atoms with E-state index in [2.05, 4.69) is 23.7 Å². The molecular formula is C12H19N3O. The number of anilines is 1. The van der Waals surface area contributed by atoms with Crippen LogP contribution in [0.5, 0.6) is 0 Å². The summed E-state index contributed by atoms with van der Waals surface area (Å²) >= 11 is 0. The van der Waals surface area contributed by atoms with E-state index in [4.69, 9.17) is 10.5 Å². The van der Waals surface area contributed by atoms with E-state index in [1.165, 1.54) is 0 Å². The van der Waals surface area contributed by atoms with Gasteiger partial charge in [0.25, 0.3) is 0 Å². The first-order chi connectivity index (χ1) is 7.69. The summed E-state index contributed by atoms with van der Waals surface area (Å²) < 4.78 is 5.69. The number of pyridine rings is 1. The van der Waals surface area contributed by atoms with Crippen molar-refractivity contribution in [3.05, 3.63) is 23.9 Å². The lowest BCUT2D eigenvalue weighted by molar-refractivity contribution is -0.00545. The maximum Gasteiger partial charge on any atom is 0.128 e. The van der Waals surface area contributed by atoms with Crippen molar-refractivity contribution in [2.45, 2.75) is 32.6 Å². The van der Waals surface area contributed by atoms with Crippen molar-refractivity contribution >= 4 is 5.82 Å². The Hall–Kier alpha value is -1.13. The number of hydrogen-bond acceptors (Lipinski definition) is 4. The fraction of sp³-hybridized carbons (Fsp3) is 0.583. The second-order valence-electron chi connectivity index (χ2n) is 4.39. The van der Waals surface area contributed by atoms with Gasteiger partial charge in [0, 0.05) is 25.8 Å². The van der Waals surface area contributed by atoms with Gasteiger partial charge in [-0.2, -0.15) is 0 Å². The van der Waals surface area contributed by atoms with Crippen molar-refractivity contribution in [1.82, 2.24) is 4.98 Å². The predicted octanol–water partition coefficient (Wildman–Crippen LogP) is 1.15. The zero-order chi connectivity index (χ0) is 11.5. The highest BCUT2D eigenvalue weighted by Crippen LogP contribution is 2.18. The van der Waals surface area contributed by atoms with Gasteiger partial charge in [-0.1, -0.05) is 6.07 Å². The Kier molecular flexibility index (Phi) is 3.41. The molecule has 4 nitrogen and oxygen atoms in total. The Balaban J connectivity index is 2.10. The van der Waals surface area contributed by atoms with Crippen LogP contribution in [0.3, 0.4) is 0 Å².